The van der Waals surface area contributed by atoms with Crippen molar-refractivity contribution < 1.29 is 9.18 Å². The van der Waals surface area contributed by atoms with E-state index >= 15 is 0 Å². The van der Waals surface area contributed by atoms with Gasteiger partial charge in [-0.15, -0.1) is 0 Å². The molecule has 116 valence electrons. The summed E-state index contributed by atoms with van der Waals surface area (Å²) in [5, 5.41) is 3.21. The fourth-order valence-electron chi connectivity index (χ4n) is 3.23. The number of benzene rings is 1. The Bertz CT molecular complexity index is 443. The van der Waals surface area contributed by atoms with Crippen LogP contribution in [0.2, 0.25) is 0 Å². The van der Waals surface area contributed by atoms with E-state index in [-0.39, 0.29) is 11.7 Å². The lowest BCUT2D eigenvalue weighted by Gasteiger charge is -2.21. The standard InChI is InChI=1S/C18H26FNO/c1-2-3-5-15-6-4-7-17(15)20-18(21)13-10-14-8-11-16(19)12-9-14/h8-9,11-12,15,17H,2-7,10,13H2,1H3,(H,20,21). The molecule has 1 fully saturated rings. The van der Waals surface area contributed by atoms with Crippen molar-refractivity contribution in [1.82, 2.24) is 5.32 Å². The van der Waals surface area contributed by atoms with E-state index in [1.165, 1.54) is 44.2 Å². The number of nitrogens with one attached hydrogen (secondary N) is 1. The minimum atomic E-state index is -0.229. The molecule has 0 aromatic heterocycles. The van der Waals surface area contributed by atoms with Crippen LogP contribution in [0.3, 0.4) is 0 Å². The van der Waals surface area contributed by atoms with Crippen LogP contribution in [0.15, 0.2) is 24.3 Å². The highest BCUT2D eigenvalue weighted by Crippen LogP contribution is 2.29. The summed E-state index contributed by atoms with van der Waals surface area (Å²) >= 11 is 0. The average Bonchev–Trinajstić information content (AvgIpc) is 2.91. The van der Waals surface area contributed by atoms with Gasteiger partial charge in [0.15, 0.2) is 0 Å². The topological polar surface area (TPSA) is 29.1 Å². The fourth-order valence-corrected chi connectivity index (χ4v) is 3.23. The molecule has 1 amide bonds. The first kappa shape index (κ1) is 16.0. The molecule has 1 aliphatic rings. The van der Waals surface area contributed by atoms with E-state index in [2.05, 4.69) is 12.2 Å². The van der Waals surface area contributed by atoms with Gasteiger partial charge >= 0.3 is 0 Å². The Balaban J connectivity index is 1.74. The number of carbonyl (C=O) groups excluding carboxylic acids is 1. The first-order valence-electron chi connectivity index (χ1n) is 8.23. The molecular weight excluding hydrogens is 265 g/mol. The number of unbranched alkanes of at least 4 members (excludes halogenated alkanes) is 1. The zero-order valence-electron chi connectivity index (χ0n) is 12.9. The van der Waals surface area contributed by atoms with Gasteiger partial charge in [0.05, 0.1) is 0 Å². The quantitative estimate of drug-likeness (QED) is 0.800. The van der Waals surface area contributed by atoms with Crippen LogP contribution in [0.5, 0.6) is 0 Å². The van der Waals surface area contributed by atoms with Crippen molar-refractivity contribution in [3.8, 4) is 0 Å². The van der Waals surface area contributed by atoms with Crippen molar-refractivity contribution in [1.29, 1.82) is 0 Å². The third kappa shape index (κ3) is 5.14. The monoisotopic (exact) mass is 291 g/mol. The van der Waals surface area contributed by atoms with Gasteiger partial charge in [-0.25, -0.2) is 4.39 Å². The van der Waals surface area contributed by atoms with Gasteiger partial charge in [-0.05, 0) is 49.3 Å². The molecule has 1 aliphatic carbocycles. The zero-order valence-corrected chi connectivity index (χ0v) is 12.9. The minimum Gasteiger partial charge on any atom is -0.353 e. The Kier molecular flexibility index (Phi) is 6.21. The molecule has 1 saturated carbocycles. The first-order valence-corrected chi connectivity index (χ1v) is 8.23. The Labute approximate surface area is 127 Å². The van der Waals surface area contributed by atoms with Crippen LogP contribution in [-0.2, 0) is 11.2 Å². The molecule has 0 radical (unpaired) electrons. The molecule has 21 heavy (non-hydrogen) atoms. The molecule has 2 atom stereocenters. The van der Waals surface area contributed by atoms with Crippen molar-refractivity contribution >= 4 is 5.91 Å². The fraction of sp³-hybridized carbons (Fsp3) is 0.611. The van der Waals surface area contributed by atoms with Crippen molar-refractivity contribution in [2.75, 3.05) is 0 Å². The van der Waals surface area contributed by atoms with E-state index in [0.717, 1.165) is 12.0 Å². The van der Waals surface area contributed by atoms with E-state index in [1.54, 1.807) is 12.1 Å². The molecule has 0 bridgehead atoms. The summed E-state index contributed by atoms with van der Waals surface area (Å²) in [5.41, 5.74) is 1.01. The maximum Gasteiger partial charge on any atom is 0.220 e. The second kappa shape index (κ2) is 8.16. The lowest BCUT2D eigenvalue weighted by Crippen LogP contribution is -2.37. The second-order valence-electron chi connectivity index (χ2n) is 6.13. The van der Waals surface area contributed by atoms with Crippen molar-refractivity contribution in [3.05, 3.63) is 35.6 Å². The van der Waals surface area contributed by atoms with Gasteiger partial charge in [0, 0.05) is 12.5 Å². The van der Waals surface area contributed by atoms with Crippen molar-refractivity contribution in [3.63, 3.8) is 0 Å². The number of aryl methyl sites for hydroxylation is 1. The highest BCUT2D eigenvalue weighted by Gasteiger charge is 2.27. The number of carbonyl (C=O) groups is 1. The van der Waals surface area contributed by atoms with E-state index < -0.39 is 0 Å². The molecule has 0 aliphatic heterocycles. The summed E-state index contributed by atoms with van der Waals surface area (Å²) in [7, 11) is 0. The lowest BCUT2D eigenvalue weighted by molar-refractivity contribution is -0.122. The van der Waals surface area contributed by atoms with Gasteiger partial charge in [0.25, 0.3) is 0 Å². The third-order valence-corrected chi connectivity index (χ3v) is 4.49. The van der Waals surface area contributed by atoms with E-state index in [9.17, 15) is 9.18 Å². The molecule has 1 aromatic carbocycles. The number of amides is 1. The van der Waals surface area contributed by atoms with Crippen LogP contribution in [0, 0.1) is 11.7 Å². The predicted octanol–water partition coefficient (Wildman–Crippen LogP) is 4.23. The maximum atomic E-state index is 12.8. The van der Waals surface area contributed by atoms with Gasteiger partial charge in [-0.1, -0.05) is 38.3 Å². The molecule has 2 rings (SSSR count). The van der Waals surface area contributed by atoms with Crippen LogP contribution in [0.1, 0.15) is 57.4 Å². The summed E-state index contributed by atoms with van der Waals surface area (Å²) in [4.78, 5) is 12.1. The molecule has 1 N–H and O–H groups in total. The number of hydrogen-bond acceptors (Lipinski definition) is 1. The predicted molar refractivity (Wildman–Crippen MR) is 83.5 cm³/mol. The SMILES string of the molecule is CCCCC1CCCC1NC(=O)CCc1ccc(F)cc1. The Hall–Kier alpha value is -1.38. The highest BCUT2D eigenvalue weighted by molar-refractivity contribution is 5.76. The Morgan fingerprint density at radius 1 is 1.29 bits per heavy atom. The largest absolute Gasteiger partial charge is 0.353 e. The normalized spacial score (nSPS) is 21.4. The van der Waals surface area contributed by atoms with E-state index in [1.807, 2.05) is 0 Å². The zero-order chi connectivity index (χ0) is 15.1. The van der Waals surface area contributed by atoms with Crippen molar-refractivity contribution in [2.24, 2.45) is 5.92 Å². The van der Waals surface area contributed by atoms with Crippen LogP contribution in [-0.4, -0.2) is 11.9 Å². The maximum absolute atomic E-state index is 12.8. The van der Waals surface area contributed by atoms with Crippen LogP contribution < -0.4 is 5.32 Å². The number of hydrogen-bond donors (Lipinski definition) is 1. The average molecular weight is 291 g/mol. The number of halogens is 1. The molecule has 0 saturated heterocycles. The molecular formula is C18H26FNO. The summed E-state index contributed by atoms with van der Waals surface area (Å²) in [6.45, 7) is 2.21. The highest BCUT2D eigenvalue weighted by atomic mass is 19.1. The summed E-state index contributed by atoms with van der Waals surface area (Å²) < 4.78 is 12.8. The second-order valence-corrected chi connectivity index (χ2v) is 6.13. The first-order chi connectivity index (χ1) is 10.2. The lowest BCUT2D eigenvalue weighted by atomic mass is 9.96. The summed E-state index contributed by atoms with van der Waals surface area (Å²) in [5.74, 6) is 0.570. The van der Waals surface area contributed by atoms with E-state index in [0.29, 0.717) is 24.8 Å². The molecule has 2 nitrogen and oxygen atoms in total. The molecule has 0 spiro atoms. The summed E-state index contributed by atoms with van der Waals surface area (Å²) in [6.07, 6.45) is 8.49. The Morgan fingerprint density at radius 3 is 2.76 bits per heavy atom. The van der Waals surface area contributed by atoms with Crippen molar-refractivity contribution in [2.45, 2.75) is 64.3 Å². The molecule has 3 heteroatoms. The number of rotatable bonds is 7. The third-order valence-electron chi connectivity index (χ3n) is 4.49. The van der Waals surface area contributed by atoms with E-state index in [4.69, 9.17) is 0 Å². The smallest absolute Gasteiger partial charge is 0.220 e. The van der Waals surface area contributed by atoms with Crippen LogP contribution in [0.4, 0.5) is 4.39 Å². The van der Waals surface area contributed by atoms with Crippen LogP contribution in [0.25, 0.3) is 0 Å². The molecule has 0 heterocycles. The minimum absolute atomic E-state index is 0.132. The van der Waals surface area contributed by atoms with Gasteiger partial charge in [-0.2, -0.15) is 0 Å². The Morgan fingerprint density at radius 2 is 2.05 bits per heavy atom. The van der Waals surface area contributed by atoms with Gasteiger partial charge < -0.3 is 5.32 Å². The van der Waals surface area contributed by atoms with Gasteiger partial charge in [0.2, 0.25) is 5.91 Å². The van der Waals surface area contributed by atoms with Crippen LogP contribution >= 0.6 is 0 Å². The van der Waals surface area contributed by atoms with Gasteiger partial charge in [0.1, 0.15) is 5.82 Å². The molecule has 1 aromatic rings. The molecule has 2 unspecified atom stereocenters. The summed E-state index contributed by atoms with van der Waals surface area (Å²) in [6, 6.07) is 6.78. The van der Waals surface area contributed by atoms with Gasteiger partial charge in [-0.3, -0.25) is 4.79 Å².